The number of hydrogen-bond donors (Lipinski definition) is 0. The molecule has 0 saturated heterocycles. The van der Waals surface area contributed by atoms with Crippen molar-refractivity contribution in [2.45, 2.75) is 12.0 Å². The summed E-state index contributed by atoms with van der Waals surface area (Å²) in [5, 5.41) is 1.02. The maximum atomic E-state index is 6.78. The lowest BCUT2D eigenvalue weighted by atomic mass is 9.81. The number of rotatable bonds is 7. The minimum atomic E-state index is -0.000123. The van der Waals surface area contributed by atoms with Crippen LogP contribution in [0.4, 0.5) is 11.4 Å². The quantitative estimate of drug-likeness (QED) is 0.161. The Bertz CT molecular complexity index is 3220. The van der Waals surface area contributed by atoms with Gasteiger partial charge in [-0.15, -0.1) is 0 Å². The standard InChI is InChI=1S/C57H38N4O/c1-4-16-37(17-5-1)40-22-12-25-43(34-40)55-58-56(44-26-13-23-41(35-44)38-18-6-2-7-19-38)60-57(59-55)47-29-15-31-50-53(47)54-51(62-50)33-32-49-52(54)46-28-10-11-30-48(46)61(49)45-27-14-24-42(36-45)39-20-8-3-9-21-39/h1-36,49,52H. The number of anilines is 2. The predicted octanol–water partition coefficient (Wildman–Crippen LogP) is 14.3. The van der Waals surface area contributed by atoms with Crippen LogP contribution in [0, 0.1) is 0 Å². The third-order valence-corrected chi connectivity index (χ3v) is 12.3. The van der Waals surface area contributed by atoms with E-state index in [4.69, 9.17) is 19.4 Å². The Hall–Kier alpha value is -8.15. The normalized spacial score (nSPS) is 15.0. The van der Waals surface area contributed by atoms with Crippen molar-refractivity contribution in [2.75, 3.05) is 4.90 Å². The van der Waals surface area contributed by atoms with Crippen LogP contribution in [0.15, 0.2) is 217 Å². The van der Waals surface area contributed by atoms with Gasteiger partial charge in [0.25, 0.3) is 0 Å². The molecule has 1 aliphatic heterocycles. The average molecular weight is 795 g/mol. The summed E-state index contributed by atoms with van der Waals surface area (Å²) in [7, 11) is 0. The predicted molar refractivity (Wildman–Crippen MR) is 252 cm³/mol. The molecule has 8 aromatic carbocycles. The van der Waals surface area contributed by atoms with Crippen LogP contribution in [0.5, 0.6) is 0 Å². The summed E-state index contributed by atoms with van der Waals surface area (Å²) >= 11 is 0. The zero-order valence-corrected chi connectivity index (χ0v) is 33.6. The van der Waals surface area contributed by atoms with Gasteiger partial charge in [0.2, 0.25) is 0 Å². The molecule has 5 heteroatoms. The lowest BCUT2D eigenvalue weighted by Gasteiger charge is -2.30. The van der Waals surface area contributed by atoms with Crippen LogP contribution < -0.4 is 4.90 Å². The molecule has 3 heterocycles. The molecule has 1 aliphatic carbocycles. The van der Waals surface area contributed by atoms with Crippen molar-refractivity contribution >= 4 is 28.4 Å². The molecule has 2 atom stereocenters. The Morgan fingerprint density at radius 2 is 0.919 bits per heavy atom. The van der Waals surface area contributed by atoms with Crippen molar-refractivity contribution in [3.8, 4) is 67.5 Å². The number of para-hydroxylation sites is 1. The molecule has 0 amide bonds. The topological polar surface area (TPSA) is 55.1 Å². The Morgan fingerprint density at radius 1 is 0.419 bits per heavy atom. The van der Waals surface area contributed by atoms with Gasteiger partial charge in [-0.3, -0.25) is 0 Å². The van der Waals surface area contributed by atoms with Gasteiger partial charge in [0.1, 0.15) is 11.3 Å². The molecular formula is C57H38N4O. The summed E-state index contributed by atoms with van der Waals surface area (Å²) in [6.07, 6.45) is 4.47. The highest BCUT2D eigenvalue weighted by molar-refractivity contribution is 6.00. The Labute approximate surface area is 360 Å². The highest BCUT2D eigenvalue weighted by Crippen LogP contribution is 2.54. The first-order chi connectivity index (χ1) is 30.7. The van der Waals surface area contributed by atoms with Gasteiger partial charge in [0.15, 0.2) is 17.5 Å². The zero-order valence-electron chi connectivity index (χ0n) is 33.6. The van der Waals surface area contributed by atoms with E-state index >= 15 is 0 Å². The molecule has 0 bridgehead atoms. The minimum absolute atomic E-state index is 0.000123. The first-order valence-electron chi connectivity index (χ1n) is 21.1. The summed E-state index contributed by atoms with van der Waals surface area (Å²) in [5.41, 5.74) is 15.1. The highest BCUT2D eigenvalue weighted by atomic mass is 16.3. The number of hydrogen-bond acceptors (Lipinski definition) is 5. The average Bonchev–Trinajstić information content (AvgIpc) is 3.91. The SMILES string of the molecule is C1=CC2C(c3ccccc3N2c2cccc(-c3ccccc3)c2)c2c1oc1cccc(-c3nc(-c4cccc(-c5ccccc5)c4)nc(-c4cccc(-c5ccccc5)c4)n3)c21. The van der Waals surface area contributed by atoms with Crippen LogP contribution in [0.2, 0.25) is 0 Å². The van der Waals surface area contributed by atoms with Gasteiger partial charge in [-0.05, 0) is 81.4 Å². The molecule has 12 rings (SSSR count). The van der Waals surface area contributed by atoms with Crippen molar-refractivity contribution in [3.05, 3.63) is 229 Å². The van der Waals surface area contributed by atoms with Crippen LogP contribution in [-0.2, 0) is 0 Å². The molecule has 2 aliphatic rings. The summed E-state index contributed by atoms with van der Waals surface area (Å²) in [4.78, 5) is 18.4. The number of fused-ring (bicyclic) bond motifs is 7. The lowest BCUT2D eigenvalue weighted by molar-refractivity contribution is 0.584. The molecule has 5 nitrogen and oxygen atoms in total. The van der Waals surface area contributed by atoms with E-state index in [-0.39, 0.29) is 12.0 Å². The van der Waals surface area contributed by atoms with E-state index in [9.17, 15) is 0 Å². The molecule has 0 N–H and O–H groups in total. The van der Waals surface area contributed by atoms with Crippen molar-refractivity contribution in [2.24, 2.45) is 0 Å². The van der Waals surface area contributed by atoms with E-state index in [1.54, 1.807) is 0 Å². The van der Waals surface area contributed by atoms with Crippen LogP contribution >= 0.6 is 0 Å². The molecule has 2 aromatic heterocycles. The van der Waals surface area contributed by atoms with E-state index in [0.717, 1.165) is 66.9 Å². The molecule has 62 heavy (non-hydrogen) atoms. The number of aromatic nitrogens is 3. The Kier molecular flexibility index (Phi) is 8.56. The number of benzene rings is 8. The summed E-state index contributed by atoms with van der Waals surface area (Å²) in [6.45, 7) is 0. The third kappa shape index (κ3) is 6.13. The zero-order chi connectivity index (χ0) is 41.0. The Morgan fingerprint density at radius 3 is 1.55 bits per heavy atom. The van der Waals surface area contributed by atoms with Gasteiger partial charge >= 0.3 is 0 Å². The van der Waals surface area contributed by atoms with E-state index in [0.29, 0.717) is 17.5 Å². The van der Waals surface area contributed by atoms with Gasteiger partial charge in [0.05, 0.1) is 6.04 Å². The fourth-order valence-electron chi connectivity index (χ4n) is 9.45. The number of nitrogens with zero attached hydrogens (tertiary/aromatic N) is 4. The third-order valence-electron chi connectivity index (χ3n) is 12.3. The molecule has 292 valence electrons. The van der Waals surface area contributed by atoms with Gasteiger partial charge in [-0.1, -0.05) is 176 Å². The van der Waals surface area contributed by atoms with Crippen molar-refractivity contribution in [1.82, 2.24) is 15.0 Å². The van der Waals surface area contributed by atoms with Crippen LogP contribution in [0.25, 0.3) is 84.6 Å². The second kappa shape index (κ2) is 14.8. The molecule has 0 spiro atoms. The van der Waals surface area contributed by atoms with Crippen molar-refractivity contribution in [1.29, 1.82) is 0 Å². The van der Waals surface area contributed by atoms with Gasteiger partial charge < -0.3 is 9.32 Å². The van der Waals surface area contributed by atoms with E-state index < -0.39 is 0 Å². The van der Waals surface area contributed by atoms with Crippen LogP contribution in [0.1, 0.15) is 22.8 Å². The molecular weight excluding hydrogens is 757 g/mol. The first-order valence-corrected chi connectivity index (χ1v) is 21.1. The van der Waals surface area contributed by atoms with Gasteiger partial charge in [-0.2, -0.15) is 0 Å². The van der Waals surface area contributed by atoms with E-state index in [1.165, 1.54) is 22.4 Å². The van der Waals surface area contributed by atoms with E-state index in [1.807, 2.05) is 18.2 Å². The molecule has 0 fully saturated rings. The second-order valence-corrected chi connectivity index (χ2v) is 15.9. The second-order valence-electron chi connectivity index (χ2n) is 15.9. The van der Waals surface area contributed by atoms with Crippen LogP contribution in [0.3, 0.4) is 0 Å². The minimum Gasteiger partial charge on any atom is -0.456 e. The first kappa shape index (κ1) is 35.8. The Balaban J connectivity index is 1.04. The summed E-state index contributed by atoms with van der Waals surface area (Å²) in [6, 6.07) is 72.4. The van der Waals surface area contributed by atoms with Crippen molar-refractivity contribution < 1.29 is 4.42 Å². The molecule has 10 aromatic rings. The van der Waals surface area contributed by atoms with Crippen LogP contribution in [-0.4, -0.2) is 21.0 Å². The van der Waals surface area contributed by atoms with Crippen molar-refractivity contribution in [3.63, 3.8) is 0 Å². The summed E-state index contributed by atoms with van der Waals surface area (Å²) in [5.74, 6) is 2.68. The van der Waals surface area contributed by atoms with Gasteiger partial charge in [-0.25, -0.2) is 15.0 Å². The molecule has 0 radical (unpaired) electrons. The monoisotopic (exact) mass is 794 g/mol. The van der Waals surface area contributed by atoms with Gasteiger partial charge in [0, 0.05) is 44.9 Å². The molecule has 2 unspecified atom stereocenters. The largest absolute Gasteiger partial charge is 0.456 e. The maximum absolute atomic E-state index is 6.78. The molecule has 0 saturated carbocycles. The fourth-order valence-corrected chi connectivity index (χ4v) is 9.45. The smallest absolute Gasteiger partial charge is 0.164 e. The lowest BCUT2D eigenvalue weighted by Crippen LogP contribution is -2.30. The highest BCUT2D eigenvalue weighted by Gasteiger charge is 2.44. The maximum Gasteiger partial charge on any atom is 0.164 e. The van der Waals surface area contributed by atoms with E-state index in [2.05, 4.69) is 205 Å². The summed E-state index contributed by atoms with van der Waals surface area (Å²) < 4.78 is 6.78. The fraction of sp³-hybridized carbons (Fsp3) is 0.0351. The number of furan rings is 1.